The summed E-state index contributed by atoms with van der Waals surface area (Å²) < 4.78 is 10.4. The smallest absolute Gasteiger partial charge is 0.191 e. The fraction of sp³-hybridized carbons (Fsp3) is 0.421. The normalized spacial score (nSPS) is 12.7. The lowest BCUT2D eigenvalue weighted by Crippen LogP contribution is -2.43. The molecule has 2 aromatic rings. The van der Waals surface area contributed by atoms with Gasteiger partial charge in [-0.25, -0.2) is 4.99 Å². The molecule has 0 bridgehead atoms. The molecule has 1 aromatic carbocycles. The van der Waals surface area contributed by atoms with Gasteiger partial charge in [0.1, 0.15) is 5.75 Å². The van der Waals surface area contributed by atoms with E-state index in [0.29, 0.717) is 13.2 Å². The van der Waals surface area contributed by atoms with Crippen LogP contribution in [0.3, 0.4) is 0 Å². The number of rotatable bonds is 8. The van der Waals surface area contributed by atoms with Crippen molar-refractivity contribution in [2.24, 2.45) is 4.99 Å². The lowest BCUT2D eigenvalue weighted by Gasteiger charge is -2.16. The van der Waals surface area contributed by atoms with Crippen molar-refractivity contribution in [1.29, 1.82) is 0 Å². The average molecular weight is 362 g/mol. The van der Waals surface area contributed by atoms with E-state index in [1.54, 1.807) is 25.6 Å². The first-order chi connectivity index (χ1) is 12.2. The number of thiophene rings is 1. The third-order valence-corrected chi connectivity index (χ3v) is 4.54. The first kappa shape index (κ1) is 19.3. The minimum atomic E-state index is 0.209. The molecule has 0 aliphatic rings. The quantitative estimate of drug-likeness (QED) is 0.558. The standard InChI is InChI=1S/C19H27N3O2S/c1-5-20-19(22-14(2)12-23-3)21-11-18-10-16(13-25-18)15-6-8-17(24-4)9-7-15/h6-10,13-14H,5,11-12H2,1-4H3,(H2,20,21,22). The zero-order chi connectivity index (χ0) is 18.1. The summed E-state index contributed by atoms with van der Waals surface area (Å²) in [7, 11) is 3.38. The molecule has 1 aromatic heterocycles. The van der Waals surface area contributed by atoms with Crippen LogP contribution in [0, 0.1) is 0 Å². The Hall–Kier alpha value is -2.05. The summed E-state index contributed by atoms with van der Waals surface area (Å²) in [4.78, 5) is 5.89. The zero-order valence-electron chi connectivity index (χ0n) is 15.3. The zero-order valence-corrected chi connectivity index (χ0v) is 16.2. The van der Waals surface area contributed by atoms with Gasteiger partial charge in [0, 0.05) is 24.6 Å². The Morgan fingerprint density at radius 3 is 2.60 bits per heavy atom. The molecule has 0 fully saturated rings. The van der Waals surface area contributed by atoms with Crippen molar-refractivity contribution < 1.29 is 9.47 Å². The van der Waals surface area contributed by atoms with E-state index in [4.69, 9.17) is 9.47 Å². The van der Waals surface area contributed by atoms with Crippen LogP contribution in [0.5, 0.6) is 5.75 Å². The van der Waals surface area contributed by atoms with Gasteiger partial charge in [0.25, 0.3) is 0 Å². The van der Waals surface area contributed by atoms with Crippen LogP contribution in [-0.4, -0.2) is 39.4 Å². The lowest BCUT2D eigenvalue weighted by atomic mass is 10.1. The predicted octanol–water partition coefficient (Wildman–Crippen LogP) is 3.51. The molecule has 0 radical (unpaired) electrons. The van der Waals surface area contributed by atoms with E-state index in [1.165, 1.54) is 16.0 Å². The van der Waals surface area contributed by atoms with Gasteiger partial charge >= 0.3 is 0 Å². The third kappa shape index (κ3) is 6.07. The Kier molecular flexibility index (Phi) is 7.76. The number of hydrogen-bond donors (Lipinski definition) is 2. The second-order valence-corrected chi connectivity index (χ2v) is 6.72. The van der Waals surface area contributed by atoms with Crippen LogP contribution in [0.4, 0.5) is 0 Å². The highest BCUT2D eigenvalue weighted by atomic mass is 32.1. The van der Waals surface area contributed by atoms with Crippen LogP contribution in [0.2, 0.25) is 0 Å². The van der Waals surface area contributed by atoms with E-state index in [-0.39, 0.29) is 6.04 Å². The molecular weight excluding hydrogens is 334 g/mol. The SMILES string of the molecule is CCNC(=NCc1cc(-c2ccc(OC)cc2)cs1)NC(C)COC. The van der Waals surface area contributed by atoms with E-state index >= 15 is 0 Å². The van der Waals surface area contributed by atoms with Crippen LogP contribution >= 0.6 is 11.3 Å². The summed E-state index contributed by atoms with van der Waals surface area (Å²) >= 11 is 1.72. The molecule has 0 saturated heterocycles. The molecule has 1 atom stereocenters. The fourth-order valence-electron chi connectivity index (χ4n) is 2.40. The van der Waals surface area contributed by atoms with Gasteiger partial charge in [0.05, 0.1) is 20.3 Å². The number of methoxy groups -OCH3 is 2. The molecular formula is C19H27N3O2S. The van der Waals surface area contributed by atoms with Crippen molar-refractivity contribution in [1.82, 2.24) is 10.6 Å². The number of nitrogens with zero attached hydrogens (tertiary/aromatic N) is 1. The first-order valence-electron chi connectivity index (χ1n) is 8.41. The molecule has 1 unspecified atom stereocenters. The van der Waals surface area contributed by atoms with Gasteiger partial charge in [-0.05, 0) is 48.6 Å². The maximum atomic E-state index is 5.21. The summed E-state index contributed by atoms with van der Waals surface area (Å²) in [5.41, 5.74) is 2.40. The summed E-state index contributed by atoms with van der Waals surface area (Å²) in [5, 5.41) is 8.78. The van der Waals surface area contributed by atoms with E-state index in [9.17, 15) is 0 Å². The Balaban J connectivity index is 2.02. The van der Waals surface area contributed by atoms with Gasteiger partial charge in [-0.3, -0.25) is 0 Å². The maximum absolute atomic E-state index is 5.21. The summed E-state index contributed by atoms with van der Waals surface area (Å²) in [6.45, 7) is 6.25. The van der Waals surface area contributed by atoms with Gasteiger partial charge in [-0.15, -0.1) is 11.3 Å². The van der Waals surface area contributed by atoms with Crippen molar-refractivity contribution >= 4 is 17.3 Å². The number of ether oxygens (including phenoxy) is 2. The molecule has 6 heteroatoms. The highest BCUT2D eigenvalue weighted by Gasteiger charge is 2.06. The van der Waals surface area contributed by atoms with E-state index in [0.717, 1.165) is 18.3 Å². The van der Waals surface area contributed by atoms with Gasteiger partial charge in [0.2, 0.25) is 0 Å². The second kappa shape index (κ2) is 10.1. The van der Waals surface area contributed by atoms with Gasteiger partial charge < -0.3 is 20.1 Å². The van der Waals surface area contributed by atoms with Gasteiger partial charge in [-0.1, -0.05) is 12.1 Å². The monoisotopic (exact) mass is 361 g/mol. The number of nitrogens with one attached hydrogen (secondary N) is 2. The molecule has 0 aliphatic carbocycles. The van der Waals surface area contributed by atoms with E-state index in [2.05, 4.69) is 53.1 Å². The Morgan fingerprint density at radius 2 is 1.96 bits per heavy atom. The molecule has 0 amide bonds. The fourth-order valence-corrected chi connectivity index (χ4v) is 3.22. The number of hydrogen-bond acceptors (Lipinski definition) is 4. The molecule has 136 valence electrons. The maximum Gasteiger partial charge on any atom is 0.191 e. The minimum Gasteiger partial charge on any atom is -0.497 e. The van der Waals surface area contributed by atoms with Crippen LogP contribution in [0.15, 0.2) is 40.7 Å². The Morgan fingerprint density at radius 1 is 1.20 bits per heavy atom. The number of guanidine groups is 1. The largest absolute Gasteiger partial charge is 0.497 e. The summed E-state index contributed by atoms with van der Waals surface area (Å²) in [6, 6.07) is 10.5. The van der Waals surface area contributed by atoms with Crippen molar-refractivity contribution in [3.8, 4) is 16.9 Å². The number of aliphatic imine (C=N–C) groups is 1. The summed E-state index contributed by atoms with van der Waals surface area (Å²) in [5.74, 6) is 1.68. The minimum absolute atomic E-state index is 0.209. The van der Waals surface area contributed by atoms with Crippen molar-refractivity contribution in [2.75, 3.05) is 27.4 Å². The number of benzene rings is 1. The molecule has 1 heterocycles. The van der Waals surface area contributed by atoms with Crippen molar-refractivity contribution in [2.45, 2.75) is 26.4 Å². The van der Waals surface area contributed by atoms with Crippen LogP contribution < -0.4 is 15.4 Å². The molecule has 0 spiro atoms. The van der Waals surface area contributed by atoms with Gasteiger partial charge in [-0.2, -0.15) is 0 Å². The van der Waals surface area contributed by atoms with Gasteiger partial charge in [0.15, 0.2) is 5.96 Å². The molecule has 0 saturated carbocycles. The molecule has 2 N–H and O–H groups in total. The van der Waals surface area contributed by atoms with Crippen LogP contribution in [0.25, 0.3) is 11.1 Å². The van der Waals surface area contributed by atoms with Crippen LogP contribution in [-0.2, 0) is 11.3 Å². The molecule has 2 rings (SSSR count). The first-order valence-corrected chi connectivity index (χ1v) is 9.29. The highest BCUT2D eigenvalue weighted by Crippen LogP contribution is 2.27. The molecule has 25 heavy (non-hydrogen) atoms. The van der Waals surface area contributed by atoms with Crippen molar-refractivity contribution in [3.63, 3.8) is 0 Å². The average Bonchev–Trinajstić information content (AvgIpc) is 3.09. The summed E-state index contributed by atoms with van der Waals surface area (Å²) in [6.07, 6.45) is 0. The van der Waals surface area contributed by atoms with Crippen LogP contribution in [0.1, 0.15) is 18.7 Å². The third-order valence-electron chi connectivity index (χ3n) is 3.61. The van der Waals surface area contributed by atoms with Crippen molar-refractivity contribution in [3.05, 3.63) is 40.6 Å². The topological polar surface area (TPSA) is 54.9 Å². The lowest BCUT2D eigenvalue weighted by molar-refractivity contribution is 0.179. The Labute approximate surface area is 154 Å². The second-order valence-electron chi connectivity index (χ2n) is 5.73. The Bertz CT molecular complexity index is 668. The molecule has 5 nitrogen and oxygen atoms in total. The van der Waals surface area contributed by atoms with E-state index in [1.807, 2.05) is 12.1 Å². The van der Waals surface area contributed by atoms with E-state index < -0.39 is 0 Å². The molecule has 0 aliphatic heterocycles. The highest BCUT2D eigenvalue weighted by molar-refractivity contribution is 7.10. The predicted molar refractivity (Wildman–Crippen MR) is 106 cm³/mol.